The molecule has 2 aromatic rings. The number of hydrogen-bond acceptors (Lipinski definition) is 7. The fraction of sp³-hybridized carbons (Fsp3) is 0.167. The van der Waals surface area contributed by atoms with Crippen LogP contribution in [-0.4, -0.2) is 38.6 Å². The first-order valence-electron chi connectivity index (χ1n) is 7.90. The van der Waals surface area contributed by atoms with E-state index in [1.54, 1.807) is 0 Å². The number of rotatable bonds is 7. The molecule has 0 fully saturated rings. The maximum absolute atomic E-state index is 12.8. The van der Waals surface area contributed by atoms with Crippen molar-refractivity contribution in [2.75, 3.05) is 21.3 Å². The van der Waals surface area contributed by atoms with Gasteiger partial charge in [0.1, 0.15) is 0 Å². The van der Waals surface area contributed by atoms with Crippen molar-refractivity contribution in [1.82, 2.24) is 5.43 Å². The van der Waals surface area contributed by atoms with Gasteiger partial charge in [0.15, 0.2) is 22.4 Å². The number of nitrogens with zero attached hydrogens (tertiary/aromatic N) is 1. The summed E-state index contributed by atoms with van der Waals surface area (Å²) in [5.41, 5.74) is 8.19. The average molecular weight is 458 g/mol. The molecule has 0 amide bonds. The second-order valence-corrected chi connectivity index (χ2v) is 6.63. The van der Waals surface area contributed by atoms with Gasteiger partial charge in [0.2, 0.25) is 5.75 Å². The van der Waals surface area contributed by atoms with Gasteiger partial charge in [-0.25, -0.2) is 4.79 Å². The monoisotopic (exact) mass is 457 g/mol. The van der Waals surface area contributed by atoms with Crippen LogP contribution in [0.3, 0.4) is 0 Å². The third-order valence-corrected chi connectivity index (χ3v) is 4.10. The lowest BCUT2D eigenvalue weighted by atomic mass is 10.1. The highest BCUT2D eigenvalue weighted by Crippen LogP contribution is 2.39. The van der Waals surface area contributed by atoms with Crippen LogP contribution in [0.1, 0.15) is 15.9 Å². The summed E-state index contributed by atoms with van der Waals surface area (Å²) in [4.78, 5) is 12.8. The first-order valence-corrected chi connectivity index (χ1v) is 9.06. The number of thiocarbonyl (C=S) groups is 1. The van der Waals surface area contributed by atoms with Crippen LogP contribution in [0.5, 0.6) is 23.0 Å². The molecule has 8 nitrogen and oxygen atoms in total. The van der Waals surface area contributed by atoms with Crippen LogP contribution in [-0.2, 0) is 0 Å². The van der Waals surface area contributed by atoms with Crippen molar-refractivity contribution in [3.8, 4) is 23.0 Å². The van der Waals surface area contributed by atoms with Crippen molar-refractivity contribution < 1.29 is 23.7 Å². The fourth-order valence-electron chi connectivity index (χ4n) is 2.30. The maximum atomic E-state index is 12.8. The summed E-state index contributed by atoms with van der Waals surface area (Å²) in [7, 11) is 4.33. The average Bonchev–Trinajstić information content (AvgIpc) is 2.68. The van der Waals surface area contributed by atoms with Gasteiger partial charge in [-0.1, -0.05) is 23.2 Å². The third-order valence-electron chi connectivity index (χ3n) is 3.51. The van der Waals surface area contributed by atoms with E-state index >= 15 is 0 Å². The van der Waals surface area contributed by atoms with Crippen LogP contribution in [0.4, 0.5) is 0 Å². The minimum atomic E-state index is -0.717. The van der Waals surface area contributed by atoms with E-state index in [0.29, 0.717) is 27.8 Å². The second-order valence-electron chi connectivity index (χ2n) is 5.34. The number of hydrogen-bond donors (Lipinski definition) is 2. The number of carbonyl (C=O) groups excluding carboxylic acids is 1. The van der Waals surface area contributed by atoms with Crippen LogP contribution >= 0.6 is 35.4 Å². The normalized spacial score (nSPS) is 10.5. The molecular formula is C18H17Cl2N3O5S. The first-order chi connectivity index (χ1) is 13.8. The summed E-state index contributed by atoms with van der Waals surface area (Å²) in [5.74, 6) is 0.258. The van der Waals surface area contributed by atoms with E-state index in [0.717, 1.165) is 0 Å². The van der Waals surface area contributed by atoms with Crippen molar-refractivity contribution in [2.24, 2.45) is 10.8 Å². The molecular weight excluding hydrogens is 441 g/mol. The predicted molar refractivity (Wildman–Crippen MR) is 115 cm³/mol. The predicted octanol–water partition coefficient (Wildman–Crippen LogP) is 3.41. The zero-order chi connectivity index (χ0) is 21.6. The van der Waals surface area contributed by atoms with Gasteiger partial charge in [0, 0.05) is 10.6 Å². The number of nitrogens with one attached hydrogen (secondary N) is 1. The molecule has 0 saturated carbocycles. The van der Waals surface area contributed by atoms with E-state index in [4.69, 9.17) is 47.9 Å². The molecule has 0 spiro atoms. The van der Waals surface area contributed by atoms with Gasteiger partial charge in [0.25, 0.3) is 0 Å². The maximum Gasteiger partial charge on any atom is 0.343 e. The molecule has 0 unspecified atom stereocenters. The van der Waals surface area contributed by atoms with Crippen LogP contribution < -0.4 is 30.1 Å². The second kappa shape index (κ2) is 10.1. The summed E-state index contributed by atoms with van der Waals surface area (Å²) >= 11 is 16.9. The Hall–Kier alpha value is -2.75. The van der Waals surface area contributed by atoms with Gasteiger partial charge in [-0.15, -0.1) is 0 Å². The summed E-state index contributed by atoms with van der Waals surface area (Å²) < 4.78 is 21.2. The molecule has 0 heterocycles. The zero-order valence-corrected chi connectivity index (χ0v) is 17.9. The van der Waals surface area contributed by atoms with E-state index in [1.807, 2.05) is 0 Å². The Labute approximate surface area is 182 Å². The van der Waals surface area contributed by atoms with Crippen molar-refractivity contribution in [1.29, 1.82) is 0 Å². The molecule has 2 rings (SSSR count). The van der Waals surface area contributed by atoms with Crippen LogP contribution in [0.2, 0.25) is 10.0 Å². The summed E-state index contributed by atoms with van der Waals surface area (Å²) in [5, 5.41) is 4.22. The molecule has 0 aliphatic carbocycles. The van der Waals surface area contributed by atoms with Gasteiger partial charge >= 0.3 is 5.97 Å². The number of carbonyl (C=O) groups is 1. The largest absolute Gasteiger partial charge is 0.493 e. The van der Waals surface area contributed by atoms with Crippen molar-refractivity contribution >= 4 is 52.7 Å². The lowest BCUT2D eigenvalue weighted by Crippen LogP contribution is -2.24. The van der Waals surface area contributed by atoms with E-state index in [2.05, 4.69) is 22.7 Å². The van der Waals surface area contributed by atoms with Gasteiger partial charge in [-0.2, -0.15) is 5.10 Å². The number of halogens is 2. The molecule has 154 valence electrons. The number of nitrogens with two attached hydrogens (primary N) is 1. The molecule has 0 atom stereocenters. The van der Waals surface area contributed by atoms with E-state index in [9.17, 15) is 4.79 Å². The molecule has 0 saturated heterocycles. The smallest absolute Gasteiger partial charge is 0.343 e. The molecule has 2 aromatic carbocycles. The van der Waals surface area contributed by atoms with Crippen molar-refractivity contribution in [3.63, 3.8) is 0 Å². The topological polar surface area (TPSA) is 104 Å². The Morgan fingerprint density at radius 3 is 2.21 bits per heavy atom. The minimum absolute atomic E-state index is 0.0367. The Balaban J connectivity index is 2.42. The molecule has 0 aliphatic heterocycles. The van der Waals surface area contributed by atoms with Gasteiger partial charge in [0.05, 0.1) is 38.1 Å². The number of ether oxygens (including phenoxy) is 4. The number of methoxy groups -OCH3 is 3. The zero-order valence-electron chi connectivity index (χ0n) is 15.6. The quantitative estimate of drug-likeness (QED) is 0.214. The SMILES string of the molecule is COc1cc(C(=O)Oc2c(Cl)cc(Cl)cc2/C=N/NC(N)=S)cc(OC)c1OC. The molecule has 0 aliphatic rings. The number of esters is 1. The molecule has 0 bridgehead atoms. The lowest BCUT2D eigenvalue weighted by molar-refractivity contribution is 0.0733. The van der Waals surface area contributed by atoms with Crippen molar-refractivity contribution in [3.05, 3.63) is 45.4 Å². The highest BCUT2D eigenvalue weighted by Gasteiger charge is 2.20. The standard InChI is InChI=1S/C18H17Cl2N3O5S/c1-25-13-5-9(6-14(26-2)16(13)27-3)17(24)28-15-10(8-22-23-18(21)29)4-11(19)7-12(15)20/h4-8H,1-3H3,(H3,21,23,29)/b22-8+. The highest BCUT2D eigenvalue weighted by molar-refractivity contribution is 7.80. The summed E-state index contributed by atoms with van der Waals surface area (Å²) in [6, 6.07) is 5.85. The minimum Gasteiger partial charge on any atom is -0.493 e. The lowest BCUT2D eigenvalue weighted by Gasteiger charge is -2.14. The molecule has 11 heteroatoms. The Bertz CT molecular complexity index is 944. The van der Waals surface area contributed by atoms with E-state index in [-0.39, 0.29) is 21.4 Å². The van der Waals surface area contributed by atoms with Gasteiger partial charge in [-0.05, 0) is 36.5 Å². The molecule has 0 aromatic heterocycles. The van der Waals surface area contributed by atoms with Crippen LogP contribution in [0.25, 0.3) is 0 Å². The number of hydrazone groups is 1. The molecule has 3 N–H and O–H groups in total. The summed E-state index contributed by atoms with van der Waals surface area (Å²) in [6.45, 7) is 0. The van der Waals surface area contributed by atoms with E-state index < -0.39 is 5.97 Å². The highest BCUT2D eigenvalue weighted by atomic mass is 35.5. The Morgan fingerprint density at radius 1 is 1.07 bits per heavy atom. The van der Waals surface area contributed by atoms with E-state index in [1.165, 1.54) is 51.8 Å². The Morgan fingerprint density at radius 2 is 1.69 bits per heavy atom. The summed E-state index contributed by atoms with van der Waals surface area (Å²) in [6.07, 6.45) is 1.31. The van der Waals surface area contributed by atoms with Crippen molar-refractivity contribution in [2.45, 2.75) is 0 Å². The molecule has 0 radical (unpaired) electrons. The van der Waals surface area contributed by atoms with Crippen LogP contribution in [0.15, 0.2) is 29.4 Å². The molecule has 29 heavy (non-hydrogen) atoms. The van der Waals surface area contributed by atoms with Gasteiger partial charge < -0.3 is 24.7 Å². The Kier molecular flexibility index (Phi) is 7.89. The van der Waals surface area contributed by atoms with Crippen LogP contribution in [0, 0.1) is 0 Å². The fourth-order valence-corrected chi connectivity index (χ4v) is 2.90. The van der Waals surface area contributed by atoms with Gasteiger partial charge in [-0.3, -0.25) is 5.43 Å². The first kappa shape index (κ1) is 22.5. The number of benzene rings is 2. The third kappa shape index (κ3) is 5.63.